The van der Waals surface area contributed by atoms with Gasteiger partial charge < -0.3 is 10.6 Å². The van der Waals surface area contributed by atoms with Crippen LogP contribution in [0.2, 0.25) is 0 Å². The molecule has 14 heavy (non-hydrogen) atoms. The highest BCUT2D eigenvalue weighted by Gasteiger charge is 2.15. The first kappa shape index (κ1) is 10.8. The predicted octanol–water partition coefficient (Wildman–Crippen LogP) is 2.15. The molecule has 2 N–H and O–H groups in total. The average molecular weight is 193 g/mol. The summed E-state index contributed by atoms with van der Waals surface area (Å²) in [4.78, 5) is 6.14. The average Bonchev–Trinajstić information content (AvgIpc) is 2.01. The van der Waals surface area contributed by atoms with Gasteiger partial charge in [0.2, 0.25) is 0 Å². The third kappa shape index (κ3) is 2.91. The Kier molecular flexibility index (Phi) is 2.99. The minimum atomic E-state index is 0.268. The van der Waals surface area contributed by atoms with Gasteiger partial charge in [0.1, 0.15) is 0 Å². The number of nitrogen functional groups attached to an aromatic ring is 1. The Balaban J connectivity index is 2.80. The van der Waals surface area contributed by atoms with Gasteiger partial charge in [-0.2, -0.15) is 0 Å². The van der Waals surface area contributed by atoms with E-state index in [-0.39, 0.29) is 5.41 Å². The summed E-state index contributed by atoms with van der Waals surface area (Å²) in [6.45, 7) is 7.60. The van der Waals surface area contributed by atoms with Crippen molar-refractivity contribution in [1.82, 2.24) is 4.98 Å². The zero-order valence-electron chi connectivity index (χ0n) is 9.41. The summed E-state index contributed by atoms with van der Waals surface area (Å²) in [5.74, 6) is 0. The fraction of sp³-hybridized carbons (Fsp3) is 0.545. The first-order chi connectivity index (χ1) is 6.40. The summed E-state index contributed by atoms with van der Waals surface area (Å²) in [5, 5.41) is 0. The normalized spacial score (nSPS) is 11.4. The molecule has 0 amide bonds. The van der Waals surface area contributed by atoms with Gasteiger partial charge >= 0.3 is 0 Å². The van der Waals surface area contributed by atoms with Crippen LogP contribution < -0.4 is 10.6 Å². The van der Waals surface area contributed by atoms with Crippen LogP contribution in [0.25, 0.3) is 0 Å². The molecule has 3 heteroatoms. The zero-order valence-corrected chi connectivity index (χ0v) is 9.41. The van der Waals surface area contributed by atoms with Crippen LogP contribution in [-0.2, 0) is 0 Å². The molecule has 0 spiro atoms. The quantitative estimate of drug-likeness (QED) is 0.782. The van der Waals surface area contributed by atoms with Crippen LogP contribution in [0.3, 0.4) is 0 Å². The summed E-state index contributed by atoms with van der Waals surface area (Å²) in [5.41, 5.74) is 7.89. The van der Waals surface area contributed by atoms with Crippen LogP contribution in [0, 0.1) is 5.41 Å². The number of aromatic nitrogens is 1. The Morgan fingerprint density at radius 2 is 2.07 bits per heavy atom. The van der Waals surface area contributed by atoms with E-state index in [0.717, 1.165) is 17.9 Å². The maximum atomic E-state index is 5.84. The summed E-state index contributed by atoms with van der Waals surface area (Å²) in [6.07, 6.45) is 3.46. The number of hydrogen-bond acceptors (Lipinski definition) is 3. The molecule has 0 atom stereocenters. The molecule has 78 valence electrons. The number of nitrogens with two attached hydrogens (primary N) is 1. The van der Waals surface area contributed by atoms with Crippen molar-refractivity contribution in [3.05, 3.63) is 18.5 Å². The standard InChI is InChI=1S/C11H19N3/c1-11(2,3)8-14(4)10-5-6-13-7-9(10)12/h5-7H,8,12H2,1-4H3. The molecule has 0 aromatic carbocycles. The van der Waals surface area contributed by atoms with E-state index in [1.54, 1.807) is 12.4 Å². The molecule has 0 unspecified atom stereocenters. The monoisotopic (exact) mass is 193 g/mol. The Morgan fingerprint density at radius 1 is 1.43 bits per heavy atom. The largest absolute Gasteiger partial charge is 0.396 e. The second kappa shape index (κ2) is 3.86. The molecule has 0 saturated carbocycles. The zero-order chi connectivity index (χ0) is 10.8. The van der Waals surface area contributed by atoms with E-state index in [1.807, 2.05) is 6.07 Å². The van der Waals surface area contributed by atoms with Gasteiger partial charge in [0, 0.05) is 19.8 Å². The van der Waals surface area contributed by atoms with Gasteiger partial charge in [0.05, 0.1) is 17.6 Å². The summed E-state index contributed by atoms with van der Waals surface area (Å²) >= 11 is 0. The smallest absolute Gasteiger partial charge is 0.0738 e. The number of rotatable bonds is 2. The van der Waals surface area contributed by atoms with Crippen molar-refractivity contribution in [1.29, 1.82) is 0 Å². The molecule has 0 bridgehead atoms. The Bertz CT molecular complexity index is 302. The molecule has 0 radical (unpaired) electrons. The van der Waals surface area contributed by atoms with Crippen LogP contribution in [0.4, 0.5) is 11.4 Å². The van der Waals surface area contributed by atoms with E-state index >= 15 is 0 Å². The van der Waals surface area contributed by atoms with E-state index < -0.39 is 0 Å². The van der Waals surface area contributed by atoms with Gasteiger partial charge in [-0.05, 0) is 11.5 Å². The Morgan fingerprint density at radius 3 is 2.57 bits per heavy atom. The predicted molar refractivity (Wildman–Crippen MR) is 61.4 cm³/mol. The Labute approximate surface area is 85.9 Å². The third-order valence-corrected chi connectivity index (χ3v) is 1.95. The number of nitrogens with zero attached hydrogens (tertiary/aromatic N) is 2. The summed E-state index contributed by atoms with van der Waals surface area (Å²) in [6, 6.07) is 1.95. The molecule has 0 aliphatic rings. The highest BCUT2D eigenvalue weighted by atomic mass is 15.1. The van der Waals surface area contributed by atoms with Gasteiger partial charge in [0.25, 0.3) is 0 Å². The molecular weight excluding hydrogens is 174 g/mol. The lowest BCUT2D eigenvalue weighted by atomic mass is 9.96. The maximum Gasteiger partial charge on any atom is 0.0738 e. The van der Waals surface area contributed by atoms with Crippen molar-refractivity contribution in [2.24, 2.45) is 5.41 Å². The summed E-state index contributed by atoms with van der Waals surface area (Å²) in [7, 11) is 2.05. The van der Waals surface area contributed by atoms with Gasteiger partial charge in [0.15, 0.2) is 0 Å². The first-order valence-electron chi connectivity index (χ1n) is 4.81. The number of hydrogen-bond donors (Lipinski definition) is 1. The van der Waals surface area contributed by atoms with Crippen molar-refractivity contribution in [2.45, 2.75) is 20.8 Å². The second-order valence-corrected chi connectivity index (χ2v) is 4.85. The number of anilines is 2. The van der Waals surface area contributed by atoms with Gasteiger partial charge in [-0.3, -0.25) is 4.98 Å². The Hall–Kier alpha value is -1.25. The SMILES string of the molecule is CN(CC(C)(C)C)c1ccncc1N. The fourth-order valence-corrected chi connectivity index (χ4v) is 1.54. The molecule has 0 aliphatic carbocycles. The highest BCUT2D eigenvalue weighted by Crippen LogP contribution is 2.24. The fourth-order valence-electron chi connectivity index (χ4n) is 1.54. The van der Waals surface area contributed by atoms with Crippen molar-refractivity contribution in [2.75, 3.05) is 24.2 Å². The van der Waals surface area contributed by atoms with E-state index in [0.29, 0.717) is 0 Å². The molecule has 1 heterocycles. The van der Waals surface area contributed by atoms with Crippen LogP contribution in [0.5, 0.6) is 0 Å². The van der Waals surface area contributed by atoms with Crippen molar-refractivity contribution < 1.29 is 0 Å². The highest BCUT2D eigenvalue weighted by molar-refractivity contribution is 5.65. The molecule has 1 aromatic heterocycles. The third-order valence-electron chi connectivity index (χ3n) is 1.95. The number of pyridine rings is 1. The molecule has 0 aliphatic heterocycles. The minimum Gasteiger partial charge on any atom is -0.396 e. The lowest BCUT2D eigenvalue weighted by Gasteiger charge is -2.28. The van der Waals surface area contributed by atoms with Crippen LogP contribution in [-0.4, -0.2) is 18.6 Å². The van der Waals surface area contributed by atoms with Crippen molar-refractivity contribution >= 4 is 11.4 Å². The lowest BCUT2D eigenvalue weighted by molar-refractivity contribution is 0.419. The van der Waals surface area contributed by atoms with Gasteiger partial charge in [-0.25, -0.2) is 0 Å². The van der Waals surface area contributed by atoms with E-state index in [9.17, 15) is 0 Å². The molecule has 1 rings (SSSR count). The van der Waals surface area contributed by atoms with Crippen LogP contribution in [0.15, 0.2) is 18.5 Å². The maximum absolute atomic E-state index is 5.84. The minimum absolute atomic E-state index is 0.268. The topological polar surface area (TPSA) is 42.2 Å². The van der Waals surface area contributed by atoms with E-state index in [1.165, 1.54) is 0 Å². The lowest BCUT2D eigenvalue weighted by Crippen LogP contribution is -2.29. The molecule has 0 saturated heterocycles. The first-order valence-corrected chi connectivity index (χ1v) is 4.81. The van der Waals surface area contributed by atoms with Gasteiger partial charge in [-0.1, -0.05) is 20.8 Å². The van der Waals surface area contributed by atoms with Gasteiger partial charge in [-0.15, -0.1) is 0 Å². The van der Waals surface area contributed by atoms with E-state index in [2.05, 4.69) is 37.7 Å². The van der Waals surface area contributed by atoms with E-state index in [4.69, 9.17) is 5.73 Å². The van der Waals surface area contributed by atoms with Crippen LogP contribution >= 0.6 is 0 Å². The molecule has 1 aromatic rings. The van der Waals surface area contributed by atoms with Crippen molar-refractivity contribution in [3.63, 3.8) is 0 Å². The van der Waals surface area contributed by atoms with Crippen molar-refractivity contribution in [3.8, 4) is 0 Å². The molecular formula is C11H19N3. The second-order valence-electron chi connectivity index (χ2n) is 4.85. The molecule has 0 fully saturated rings. The summed E-state index contributed by atoms with van der Waals surface area (Å²) < 4.78 is 0. The van der Waals surface area contributed by atoms with Crippen LogP contribution in [0.1, 0.15) is 20.8 Å². The molecule has 3 nitrogen and oxygen atoms in total.